The summed E-state index contributed by atoms with van der Waals surface area (Å²) in [5.74, 6) is 0.880. The van der Waals surface area contributed by atoms with Crippen molar-refractivity contribution in [2.24, 2.45) is 0 Å². The number of fused-ring (bicyclic) bond motifs is 1. The van der Waals surface area contributed by atoms with E-state index in [1.165, 1.54) is 0 Å². The van der Waals surface area contributed by atoms with Crippen molar-refractivity contribution in [3.8, 4) is 11.3 Å². The molecule has 0 radical (unpaired) electrons. The van der Waals surface area contributed by atoms with Crippen LogP contribution in [0.2, 0.25) is 0 Å². The zero-order valence-corrected chi connectivity index (χ0v) is 20.2. The second-order valence-corrected chi connectivity index (χ2v) is 8.23. The van der Waals surface area contributed by atoms with E-state index in [0.29, 0.717) is 12.1 Å². The number of carbonyl (C=O) groups excluding carboxylic acids is 1. The Labute approximate surface area is 204 Å². The molecule has 0 saturated heterocycles. The Bertz CT molecular complexity index is 1360. The van der Waals surface area contributed by atoms with Gasteiger partial charge in [-0.05, 0) is 18.2 Å². The van der Waals surface area contributed by atoms with Crippen molar-refractivity contribution >= 4 is 32.7 Å². The van der Waals surface area contributed by atoms with Crippen molar-refractivity contribution in [2.75, 3.05) is 0 Å². The number of furan rings is 1. The number of rotatable bonds is 6. The van der Waals surface area contributed by atoms with Crippen molar-refractivity contribution in [3.63, 3.8) is 0 Å². The summed E-state index contributed by atoms with van der Waals surface area (Å²) in [6, 6.07) is 25.5. The Morgan fingerprint density at radius 2 is 1.69 bits per heavy atom. The van der Waals surface area contributed by atoms with Crippen LogP contribution in [0.15, 0.2) is 100 Å². The number of ketones is 1. The lowest BCUT2D eigenvalue weighted by Gasteiger charge is -2.01. The average Bonchev–Trinajstić information content (AvgIpc) is 3.39. The van der Waals surface area contributed by atoms with E-state index in [-0.39, 0.29) is 29.3 Å². The largest absolute Gasteiger partial charge is 1.00 e. The highest BCUT2D eigenvalue weighted by molar-refractivity contribution is 9.10. The third-order valence-electron chi connectivity index (χ3n) is 5.18. The van der Waals surface area contributed by atoms with E-state index < -0.39 is 0 Å². The number of benzene rings is 3. The molecular weight excluding hydrogens is 534 g/mol. The molecule has 0 N–H and O–H groups in total. The van der Waals surface area contributed by atoms with Crippen LogP contribution < -0.4 is 21.5 Å². The molecule has 0 spiro atoms. The summed E-state index contributed by atoms with van der Waals surface area (Å²) in [6.45, 7) is 0.778. The molecule has 5 nitrogen and oxygen atoms in total. The molecule has 0 bridgehead atoms. The van der Waals surface area contributed by atoms with Crippen LogP contribution in [0.25, 0.3) is 22.3 Å². The Kier molecular flexibility index (Phi) is 6.67. The summed E-state index contributed by atoms with van der Waals surface area (Å²) in [5.41, 5.74) is 3.62. The molecule has 0 aliphatic rings. The predicted octanol–water partition coefficient (Wildman–Crippen LogP) is 2.28. The van der Waals surface area contributed by atoms with E-state index in [1.54, 1.807) is 10.9 Å². The number of halogens is 2. The van der Waals surface area contributed by atoms with Crippen LogP contribution in [0.5, 0.6) is 0 Å². The Morgan fingerprint density at radius 3 is 2.47 bits per heavy atom. The number of Topliss-reactive ketones (excluding diaryl/α,β-unsaturated/α-hetero) is 1. The lowest BCUT2D eigenvalue weighted by molar-refractivity contribution is -0.683. The summed E-state index contributed by atoms with van der Waals surface area (Å²) >= 11 is 3.40. The van der Waals surface area contributed by atoms with Gasteiger partial charge in [-0.25, -0.2) is 4.57 Å². The number of para-hydroxylation sites is 1. The molecule has 0 atom stereocenters. The van der Waals surface area contributed by atoms with Crippen LogP contribution in [-0.4, -0.2) is 15.6 Å². The molecule has 5 aromatic rings. The van der Waals surface area contributed by atoms with Crippen molar-refractivity contribution < 1.29 is 30.8 Å². The van der Waals surface area contributed by atoms with Crippen LogP contribution >= 0.6 is 15.9 Å². The van der Waals surface area contributed by atoms with Gasteiger partial charge >= 0.3 is 0 Å². The van der Waals surface area contributed by atoms with Crippen LogP contribution in [0.4, 0.5) is 0 Å². The summed E-state index contributed by atoms with van der Waals surface area (Å²) in [6.07, 6.45) is 3.54. The van der Waals surface area contributed by atoms with Gasteiger partial charge in [0.15, 0.2) is 5.78 Å². The third-order valence-corrected chi connectivity index (χ3v) is 5.71. The van der Waals surface area contributed by atoms with Crippen molar-refractivity contribution in [1.29, 1.82) is 0 Å². The van der Waals surface area contributed by atoms with E-state index >= 15 is 0 Å². The maximum absolute atomic E-state index is 12.6. The van der Waals surface area contributed by atoms with Gasteiger partial charge in [0.25, 0.3) is 6.33 Å². The molecule has 7 heteroatoms. The smallest absolute Gasteiger partial charge is 0.265 e. The van der Waals surface area contributed by atoms with Crippen LogP contribution in [0, 0.1) is 0 Å². The molecule has 2 heterocycles. The fourth-order valence-electron chi connectivity index (χ4n) is 3.66. The molecule has 160 valence electrons. The minimum Gasteiger partial charge on any atom is -1.00 e. The summed E-state index contributed by atoms with van der Waals surface area (Å²) < 4.78 is 10.8. The second-order valence-electron chi connectivity index (χ2n) is 7.32. The van der Waals surface area contributed by atoms with Crippen LogP contribution in [0.1, 0.15) is 15.9 Å². The lowest BCUT2D eigenvalue weighted by Crippen LogP contribution is -3.00. The monoisotopic (exact) mass is 551 g/mol. The molecule has 0 unspecified atom stereocenters. The summed E-state index contributed by atoms with van der Waals surface area (Å²) in [5, 5.41) is 5.54. The molecular formula is C25H19Br2N3O2. The van der Waals surface area contributed by atoms with Gasteiger partial charge in [0.05, 0.1) is 0 Å². The highest BCUT2D eigenvalue weighted by Crippen LogP contribution is 2.33. The number of hydrogen-bond acceptors (Lipinski definition) is 3. The summed E-state index contributed by atoms with van der Waals surface area (Å²) in [4.78, 5) is 12.6. The Balaban J connectivity index is 0.00000245. The zero-order chi connectivity index (χ0) is 21.2. The normalized spacial score (nSPS) is 10.8. The molecule has 0 aliphatic heterocycles. The molecule has 5 rings (SSSR count). The fraction of sp³-hybridized carbons (Fsp3) is 0.0800. The highest BCUT2D eigenvalue weighted by atomic mass is 79.9. The van der Waals surface area contributed by atoms with Gasteiger partial charge in [-0.1, -0.05) is 76.6 Å². The number of aromatic nitrogens is 3. The quantitative estimate of drug-likeness (QED) is 0.240. The van der Waals surface area contributed by atoms with E-state index in [4.69, 9.17) is 4.42 Å². The van der Waals surface area contributed by atoms with Crippen molar-refractivity contribution in [1.82, 2.24) is 9.78 Å². The molecule has 32 heavy (non-hydrogen) atoms. The van der Waals surface area contributed by atoms with Gasteiger partial charge in [-0.2, -0.15) is 0 Å². The van der Waals surface area contributed by atoms with Crippen LogP contribution in [-0.2, 0) is 13.1 Å². The first-order chi connectivity index (χ1) is 15.2. The molecule has 2 aromatic heterocycles. The molecule has 0 fully saturated rings. The summed E-state index contributed by atoms with van der Waals surface area (Å²) in [7, 11) is 0. The number of nitrogens with zero attached hydrogens (tertiary/aromatic N) is 3. The van der Waals surface area contributed by atoms with Crippen molar-refractivity contribution in [2.45, 2.75) is 13.1 Å². The van der Waals surface area contributed by atoms with Gasteiger partial charge in [0.2, 0.25) is 6.33 Å². The molecule has 0 aliphatic carbocycles. The minimum atomic E-state index is 0. The van der Waals surface area contributed by atoms with Gasteiger partial charge < -0.3 is 21.4 Å². The number of hydrogen-bond donors (Lipinski definition) is 0. The molecule has 0 saturated carbocycles. The number of carbonyl (C=O) groups is 1. The van der Waals surface area contributed by atoms with Gasteiger partial charge in [0.1, 0.15) is 24.4 Å². The highest BCUT2D eigenvalue weighted by Gasteiger charge is 2.19. The van der Waals surface area contributed by atoms with Gasteiger partial charge in [-0.15, -0.1) is 4.68 Å². The first kappa shape index (κ1) is 22.2. The minimum absolute atomic E-state index is 0. The van der Waals surface area contributed by atoms with Crippen LogP contribution in [0.3, 0.4) is 0 Å². The van der Waals surface area contributed by atoms with Gasteiger partial charge in [-0.3, -0.25) is 4.79 Å². The van der Waals surface area contributed by atoms with Crippen molar-refractivity contribution in [3.05, 3.63) is 107 Å². The van der Waals surface area contributed by atoms with E-state index in [2.05, 4.69) is 27.1 Å². The van der Waals surface area contributed by atoms with E-state index in [1.807, 2.05) is 83.8 Å². The first-order valence-corrected chi connectivity index (χ1v) is 10.7. The average molecular weight is 553 g/mol. The second kappa shape index (κ2) is 9.63. The van der Waals surface area contributed by atoms with E-state index in [9.17, 15) is 4.79 Å². The Hall–Kier alpha value is -3.03. The predicted molar refractivity (Wildman–Crippen MR) is 122 cm³/mol. The maximum Gasteiger partial charge on any atom is 0.265 e. The van der Waals surface area contributed by atoms with Gasteiger partial charge in [0, 0.05) is 31.6 Å². The zero-order valence-electron chi connectivity index (χ0n) is 17.0. The topological polar surface area (TPSA) is 51.9 Å². The Morgan fingerprint density at radius 1 is 0.969 bits per heavy atom. The lowest BCUT2D eigenvalue weighted by atomic mass is 10.1. The maximum atomic E-state index is 12.6. The molecule has 0 amide bonds. The third kappa shape index (κ3) is 4.59. The fourth-order valence-corrected chi connectivity index (χ4v) is 3.92. The standard InChI is InChI=1S/C25H19BrN3O2.BrH/c26-20-12-10-18(11-13-20)23(30)15-28-16-27-29(17-28)14-22-21-8-4-5-9-24(21)31-25(22)19-6-2-1-3-7-19;/h1-13,16-17H,14-15H2;1H/q+1;/p-1. The SMILES string of the molecule is O=C(C[n+]1cnn(Cc2c(-c3ccccc3)oc3ccccc23)c1)c1ccc(Br)cc1.[Br-]. The van der Waals surface area contributed by atoms with E-state index in [0.717, 1.165) is 32.3 Å². The molecule has 3 aromatic carbocycles. The first-order valence-electron chi connectivity index (χ1n) is 9.93.